The molecular formula is C18H17ClN4O4. The Morgan fingerprint density at radius 1 is 1.33 bits per heavy atom. The van der Waals surface area contributed by atoms with E-state index < -0.39 is 5.91 Å². The van der Waals surface area contributed by atoms with Crippen LogP contribution in [0.2, 0.25) is 5.02 Å². The first-order chi connectivity index (χ1) is 12.9. The second-order valence-corrected chi connectivity index (χ2v) is 6.38. The number of rotatable bonds is 6. The molecule has 0 unspecified atom stereocenters. The minimum Gasteiger partial charge on any atom is -0.467 e. The maximum atomic E-state index is 12.5. The summed E-state index contributed by atoms with van der Waals surface area (Å²) in [7, 11) is 1.49. The summed E-state index contributed by atoms with van der Waals surface area (Å²) in [5.41, 5.74) is 0.130. The smallest absolute Gasteiger partial charge is 0.261 e. The predicted molar refractivity (Wildman–Crippen MR) is 99.2 cm³/mol. The Bertz CT molecular complexity index is 1030. The minimum atomic E-state index is -0.395. The van der Waals surface area contributed by atoms with Gasteiger partial charge in [-0.15, -0.1) is 0 Å². The van der Waals surface area contributed by atoms with Crippen LogP contribution in [-0.4, -0.2) is 39.9 Å². The fourth-order valence-corrected chi connectivity index (χ4v) is 2.64. The molecule has 0 spiro atoms. The van der Waals surface area contributed by atoms with Crippen molar-refractivity contribution in [3.05, 3.63) is 64.1 Å². The molecule has 27 heavy (non-hydrogen) atoms. The van der Waals surface area contributed by atoms with E-state index in [2.05, 4.69) is 10.3 Å². The number of aromatic nitrogens is 2. The highest BCUT2D eigenvalue weighted by Crippen LogP contribution is 2.14. The average Bonchev–Trinajstić information content (AvgIpc) is 3.16. The number of hydrogen-bond acceptors (Lipinski definition) is 5. The molecule has 0 saturated carbocycles. The van der Waals surface area contributed by atoms with Crippen LogP contribution in [0.4, 0.5) is 0 Å². The van der Waals surface area contributed by atoms with Gasteiger partial charge in [-0.1, -0.05) is 11.6 Å². The highest BCUT2D eigenvalue weighted by molar-refractivity contribution is 6.31. The molecule has 8 nitrogen and oxygen atoms in total. The van der Waals surface area contributed by atoms with Gasteiger partial charge in [0.2, 0.25) is 11.8 Å². The fraction of sp³-hybridized carbons (Fsp3) is 0.222. The summed E-state index contributed by atoms with van der Waals surface area (Å²) in [6.45, 7) is -0.125. The third-order valence-electron chi connectivity index (χ3n) is 3.94. The van der Waals surface area contributed by atoms with Crippen molar-refractivity contribution in [1.29, 1.82) is 0 Å². The van der Waals surface area contributed by atoms with E-state index in [4.69, 9.17) is 16.0 Å². The maximum absolute atomic E-state index is 12.5. The van der Waals surface area contributed by atoms with E-state index in [9.17, 15) is 14.4 Å². The normalized spacial score (nSPS) is 10.7. The largest absolute Gasteiger partial charge is 0.467 e. The number of likely N-dealkylation sites (N-methyl/N-ethyl adjacent to an activating group) is 1. The van der Waals surface area contributed by atoms with Crippen molar-refractivity contribution in [2.75, 3.05) is 13.6 Å². The van der Waals surface area contributed by atoms with Crippen LogP contribution >= 0.6 is 11.6 Å². The Morgan fingerprint density at radius 3 is 2.89 bits per heavy atom. The summed E-state index contributed by atoms with van der Waals surface area (Å²) < 4.78 is 6.32. The van der Waals surface area contributed by atoms with Gasteiger partial charge in [-0.05, 0) is 30.3 Å². The molecule has 140 valence electrons. The Balaban J connectivity index is 1.62. The zero-order valence-corrected chi connectivity index (χ0v) is 15.3. The molecule has 0 saturated heterocycles. The molecule has 0 aliphatic heterocycles. The molecule has 0 aliphatic carbocycles. The highest BCUT2D eigenvalue weighted by Gasteiger charge is 2.15. The molecule has 0 aliphatic rings. The van der Waals surface area contributed by atoms with Crippen LogP contribution in [0.15, 0.2) is 52.1 Å². The molecule has 0 bridgehead atoms. The second-order valence-electron chi connectivity index (χ2n) is 5.94. The highest BCUT2D eigenvalue weighted by atomic mass is 35.5. The topological polar surface area (TPSA) is 97.4 Å². The lowest BCUT2D eigenvalue weighted by atomic mass is 10.2. The fourth-order valence-electron chi connectivity index (χ4n) is 2.47. The van der Waals surface area contributed by atoms with E-state index in [1.807, 2.05) is 0 Å². The van der Waals surface area contributed by atoms with Gasteiger partial charge in [-0.2, -0.15) is 0 Å². The molecule has 0 fully saturated rings. The Hall–Kier alpha value is -3.13. The van der Waals surface area contributed by atoms with Crippen molar-refractivity contribution in [2.24, 2.45) is 0 Å². The van der Waals surface area contributed by atoms with Crippen LogP contribution in [0.25, 0.3) is 10.9 Å². The number of carbonyl (C=O) groups is 2. The summed E-state index contributed by atoms with van der Waals surface area (Å²) in [5, 5.41) is 3.40. The molecule has 2 amide bonds. The first kappa shape index (κ1) is 18.7. The maximum Gasteiger partial charge on any atom is 0.261 e. The average molecular weight is 389 g/mol. The van der Waals surface area contributed by atoms with E-state index >= 15 is 0 Å². The van der Waals surface area contributed by atoms with E-state index in [-0.39, 0.29) is 31.1 Å². The Morgan fingerprint density at radius 2 is 2.15 bits per heavy atom. The van der Waals surface area contributed by atoms with Gasteiger partial charge >= 0.3 is 0 Å². The molecular weight excluding hydrogens is 372 g/mol. The van der Waals surface area contributed by atoms with Gasteiger partial charge in [0, 0.05) is 12.1 Å². The molecule has 0 radical (unpaired) electrons. The summed E-state index contributed by atoms with van der Waals surface area (Å²) in [6, 6.07) is 8.25. The van der Waals surface area contributed by atoms with E-state index in [0.29, 0.717) is 21.7 Å². The number of nitrogens with one attached hydrogen (secondary N) is 1. The summed E-state index contributed by atoms with van der Waals surface area (Å²) in [5.74, 6) is -0.115. The third kappa shape index (κ3) is 4.53. The number of amides is 2. The van der Waals surface area contributed by atoms with Crippen LogP contribution < -0.4 is 10.9 Å². The monoisotopic (exact) mass is 388 g/mol. The number of halogens is 1. The standard InChI is InChI=1S/C18H17ClN4O4/c1-22(9-16(24)20-8-13-3-2-6-27-13)17(25)10-23-11-21-15-5-4-12(19)7-14(15)18(23)26/h2-7,11H,8-10H2,1H3,(H,20,24). The van der Waals surface area contributed by atoms with Crippen molar-refractivity contribution in [2.45, 2.75) is 13.1 Å². The van der Waals surface area contributed by atoms with Crippen LogP contribution in [0.3, 0.4) is 0 Å². The van der Waals surface area contributed by atoms with Crippen LogP contribution in [0.1, 0.15) is 5.76 Å². The van der Waals surface area contributed by atoms with Gasteiger partial charge in [0.1, 0.15) is 12.3 Å². The first-order valence-electron chi connectivity index (χ1n) is 8.12. The van der Waals surface area contributed by atoms with Gasteiger partial charge in [-0.25, -0.2) is 4.98 Å². The van der Waals surface area contributed by atoms with Crippen molar-refractivity contribution >= 4 is 34.3 Å². The lowest BCUT2D eigenvalue weighted by Crippen LogP contribution is -2.40. The molecule has 2 heterocycles. The van der Waals surface area contributed by atoms with Gasteiger partial charge in [-0.3, -0.25) is 19.0 Å². The zero-order chi connectivity index (χ0) is 19.4. The number of nitrogens with zero attached hydrogens (tertiary/aromatic N) is 3. The minimum absolute atomic E-state index is 0.138. The Kier molecular flexibility index (Phi) is 5.56. The predicted octanol–water partition coefficient (Wildman–Crippen LogP) is 1.42. The number of benzene rings is 1. The van der Waals surface area contributed by atoms with E-state index in [1.165, 1.54) is 35.2 Å². The van der Waals surface area contributed by atoms with Gasteiger partial charge in [0.05, 0.1) is 36.6 Å². The first-order valence-corrected chi connectivity index (χ1v) is 8.49. The van der Waals surface area contributed by atoms with Crippen LogP contribution in [0.5, 0.6) is 0 Å². The summed E-state index contributed by atoms with van der Waals surface area (Å²) in [4.78, 5) is 42.2. The molecule has 2 aromatic heterocycles. The summed E-state index contributed by atoms with van der Waals surface area (Å²) in [6.07, 6.45) is 2.82. The molecule has 3 rings (SSSR count). The molecule has 1 N–H and O–H groups in total. The van der Waals surface area contributed by atoms with E-state index in [0.717, 1.165) is 0 Å². The van der Waals surface area contributed by atoms with Crippen molar-refractivity contribution in [3.63, 3.8) is 0 Å². The molecule has 0 atom stereocenters. The molecule has 1 aromatic carbocycles. The number of hydrogen-bond donors (Lipinski definition) is 1. The van der Waals surface area contributed by atoms with Crippen molar-refractivity contribution < 1.29 is 14.0 Å². The third-order valence-corrected chi connectivity index (χ3v) is 4.17. The van der Waals surface area contributed by atoms with Crippen molar-refractivity contribution in [3.8, 4) is 0 Å². The van der Waals surface area contributed by atoms with Crippen LogP contribution in [-0.2, 0) is 22.7 Å². The van der Waals surface area contributed by atoms with Gasteiger partial charge in [0.15, 0.2) is 0 Å². The zero-order valence-electron chi connectivity index (χ0n) is 14.5. The number of fused-ring (bicyclic) bond motifs is 1. The van der Waals surface area contributed by atoms with Gasteiger partial charge in [0.25, 0.3) is 5.56 Å². The molecule has 9 heteroatoms. The number of furan rings is 1. The SMILES string of the molecule is CN(CC(=O)NCc1ccco1)C(=O)Cn1cnc2ccc(Cl)cc2c1=O. The molecule has 3 aromatic rings. The van der Waals surface area contributed by atoms with E-state index in [1.54, 1.807) is 24.3 Å². The Labute approximate surface area is 159 Å². The lowest BCUT2D eigenvalue weighted by molar-refractivity contribution is -0.135. The quantitative estimate of drug-likeness (QED) is 0.688. The van der Waals surface area contributed by atoms with Crippen molar-refractivity contribution in [1.82, 2.24) is 19.8 Å². The second kappa shape index (κ2) is 8.05. The lowest BCUT2D eigenvalue weighted by Gasteiger charge is -2.17. The van der Waals surface area contributed by atoms with Gasteiger partial charge < -0.3 is 14.6 Å². The summed E-state index contributed by atoms with van der Waals surface area (Å²) >= 11 is 5.92. The van der Waals surface area contributed by atoms with Crippen LogP contribution in [0, 0.1) is 0 Å². The number of carbonyl (C=O) groups excluding carboxylic acids is 2.